The highest BCUT2D eigenvalue weighted by atomic mass is 16.6. The lowest BCUT2D eigenvalue weighted by Crippen LogP contribution is -2.53. The smallest absolute Gasteiger partial charge is 0.145 e. The Morgan fingerprint density at radius 2 is 0.875 bits per heavy atom. The van der Waals surface area contributed by atoms with Crippen LogP contribution in [0.1, 0.15) is 22.3 Å². The van der Waals surface area contributed by atoms with E-state index in [9.17, 15) is 10.2 Å². The minimum absolute atomic E-state index is 0.154. The third-order valence-electron chi connectivity index (χ3n) is 7.23. The van der Waals surface area contributed by atoms with Gasteiger partial charge in [-0.2, -0.15) is 0 Å². The summed E-state index contributed by atoms with van der Waals surface area (Å²) in [4.78, 5) is 0. The van der Waals surface area contributed by atoms with Crippen LogP contribution in [0.2, 0.25) is 0 Å². The molecule has 0 amide bonds. The van der Waals surface area contributed by atoms with Crippen LogP contribution in [0.4, 0.5) is 0 Å². The highest BCUT2D eigenvalue weighted by Gasteiger charge is 2.62. The van der Waals surface area contributed by atoms with Crippen molar-refractivity contribution in [2.45, 2.75) is 56.4 Å². The Bertz CT molecular complexity index is 1270. The zero-order valence-electron chi connectivity index (χ0n) is 22.4. The maximum atomic E-state index is 12.1. The molecule has 6 heteroatoms. The van der Waals surface area contributed by atoms with E-state index in [1.54, 1.807) is 0 Å². The third kappa shape index (κ3) is 7.04. The molecule has 1 aliphatic carbocycles. The van der Waals surface area contributed by atoms with Crippen LogP contribution in [0.5, 0.6) is 0 Å². The summed E-state index contributed by atoms with van der Waals surface area (Å²) >= 11 is 0. The molecule has 0 saturated heterocycles. The monoisotopic (exact) mass is 540 g/mol. The zero-order chi connectivity index (χ0) is 27.6. The normalized spacial score (nSPS) is 24.2. The lowest BCUT2D eigenvalue weighted by Gasteiger charge is -2.33. The molecule has 40 heavy (non-hydrogen) atoms. The van der Waals surface area contributed by atoms with E-state index in [0.29, 0.717) is 0 Å². The molecule has 0 spiro atoms. The van der Waals surface area contributed by atoms with Gasteiger partial charge in [0.05, 0.1) is 33.0 Å². The highest BCUT2D eigenvalue weighted by Crippen LogP contribution is 2.39. The lowest BCUT2D eigenvalue weighted by molar-refractivity contribution is -0.189. The molecule has 0 aliphatic heterocycles. The number of hydrogen-bond acceptors (Lipinski definition) is 6. The average molecular weight is 541 g/mol. The molecule has 208 valence electrons. The molecule has 1 saturated carbocycles. The molecular formula is C34H36O6. The van der Waals surface area contributed by atoms with Crippen molar-refractivity contribution in [1.82, 2.24) is 0 Å². The molecule has 1 aliphatic rings. The molecule has 2 N–H and O–H groups in total. The van der Waals surface area contributed by atoms with E-state index in [0.717, 1.165) is 22.3 Å². The van der Waals surface area contributed by atoms with Crippen LogP contribution in [0.25, 0.3) is 0 Å². The van der Waals surface area contributed by atoms with Gasteiger partial charge in [-0.1, -0.05) is 121 Å². The van der Waals surface area contributed by atoms with E-state index in [1.165, 1.54) is 0 Å². The first-order chi connectivity index (χ1) is 19.6. The number of benzene rings is 4. The summed E-state index contributed by atoms with van der Waals surface area (Å²) in [5, 5.41) is 23.7. The van der Waals surface area contributed by atoms with Gasteiger partial charge in [0, 0.05) is 0 Å². The fourth-order valence-corrected chi connectivity index (χ4v) is 5.06. The second kappa shape index (κ2) is 13.8. The summed E-state index contributed by atoms with van der Waals surface area (Å²) in [6.07, 6.45) is -3.83. The molecule has 5 rings (SSSR count). The molecule has 0 bridgehead atoms. The van der Waals surface area contributed by atoms with Crippen molar-refractivity contribution in [3.8, 4) is 0 Å². The Balaban J connectivity index is 1.40. The predicted molar refractivity (Wildman–Crippen MR) is 152 cm³/mol. The minimum atomic E-state index is -1.77. The lowest BCUT2D eigenvalue weighted by atomic mass is 9.98. The maximum Gasteiger partial charge on any atom is 0.145 e. The van der Waals surface area contributed by atoms with Crippen LogP contribution >= 0.6 is 0 Å². The van der Waals surface area contributed by atoms with Crippen molar-refractivity contribution in [3.05, 3.63) is 144 Å². The van der Waals surface area contributed by atoms with Gasteiger partial charge >= 0.3 is 0 Å². The largest absolute Gasteiger partial charge is 0.387 e. The molecule has 0 unspecified atom stereocenters. The van der Waals surface area contributed by atoms with Crippen molar-refractivity contribution < 1.29 is 29.2 Å². The Kier molecular flexibility index (Phi) is 9.73. The summed E-state index contributed by atoms with van der Waals surface area (Å²) in [5.41, 5.74) is 2.06. The minimum Gasteiger partial charge on any atom is -0.387 e. The van der Waals surface area contributed by atoms with Gasteiger partial charge in [0.15, 0.2) is 0 Å². The van der Waals surface area contributed by atoms with Crippen molar-refractivity contribution in [2.75, 3.05) is 6.61 Å². The molecule has 5 atom stereocenters. The standard InChI is InChI=1S/C34H36O6/c35-32-30(38-22-27-15-7-2-8-16-27)31(39-23-28-17-9-3-10-18-28)33(40-24-29-19-11-4-12-20-29)34(32,36)25-37-21-26-13-5-1-6-14-26/h1-20,30-33,35-36H,21-25H2/t30-,31-,32-,33-,34-/m1/s1. The third-order valence-corrected chi connectivity index (χ3v) is 7.23. The van der Waals surface area contributed by atoms with Gasteiger partial charge in [-0.15, -0.1) is 0 Å². The van der Waals surface area contributed by atoms with E-state index < -0.39 is 30.0 Å². The SMILES string of the molecule is O[C@@H]1[C@H](OCc2ccccc2)[C@@H](OCc2ccccc2)[C@@H](OCc2ccccc2)[C@@]1(O)COCc1ccccc1. The highest BCUT2D eigenvalue weighted by molar-refractivity contribution is 5.19. The van der Waals surface area contributed by atoms with Crippen LogP contribution < -0.4 is 0 Å². The quantitative estimate of drug-likeness (QED) is 0.247. The van der Waals surface area contributed by atoms with E-state index in [2.05, 4.69) is 0 Å². The summed E-state index contributed by atoms with van der Waals surface area (Å²) in [5.74, 6) is 0. The maximum absolute atomic E-state index is 12.1. The van der Waals surface area contributed by atoms with E-state index in [-0.39, 0.29) is 33.0 Å². The second-order valence-electron chi connectivity index (χ2n) is 10.2. The summed E-state index contributed by atoms with van der Waals surface area (Å²) < 4.78 is 25.0. The Hall–Kier alpha value is -3.36. The van der Waals surface area contributed by atoms with Crippen LogP contribution in [0.15, 0.2) is 121 Å². The molecule has 4 aromatic carbocycles. The zero-order valence-corrected chi connectivity index (χ0v) is 22.4. The molecular weight excluding hydrogens is 504 g/mol. The first-order valence-corrected chi connectivity index (χ1v) is 13.6. The number of aliphatic hydroxyl groups excluding tert-OH is 1. The first kappa shape index (κ1) is 28.2. The average Bonchev–Trinajstić information content (AvgIpc) is 3.20. The molecule has 4 aromatic rings. The molecule has 0 heterocycles. The van der Waals surface area contributed by atoms with Crippen LogP contribution in [0.3, 0.4) is 0 Å². The van der Waals surface area contributed by atoms with Crippen LogP contribution in [0, 0.1) is 0 Å². The predicted octanol–water partition coefficient (Wildman–Crippen LogP) is 5.07. The Morgan fingerprint density at radius 1 is 0.500 bits per heavy atom. The van der Waals surface area contributed by atoms with Gasteiger partial charge in [0.25, 0.3) is 0 Å². The molecule has 0 radical (unpaired) electrons. The molecule has 0 aromatic heterocycles. The van der Waals surface area contributed by atoms with Crippen molar-refractivity contribution in [2.24, 2.45) is 0 Å². The van der Waals surface area contributed by atoms with Crippen molar-refractivity contribution in [3.63, 3.8) is 0 Å². The number of rotatable bonds is 13. The van der Waals surface area contributed by atoms with E-state index in [1.807, 2.05) is 121 Å². The van der Waals surface area contributed by atoms with Gasteiger partial charge in [-0.3, -0.25) is 0 Å². The number of hydrogen-bond donors (Lipinski definition) is 2. The fourth-order valence-electron chi connectivity index (χ4n) is 5.06. The van der Waals surface area contributed by atoms with Gasteiger partial charge in [-0.25, -0.2) is 0 Å². The topological polar surface area (TPSA) is 77.4 Å². The van der Waals surface area contributed by atoms with Crippen LogP contribution in [-0.4, -0.2) is 46.8 Å². The van der Waals surface area contributed by atoms with Gasteiger partial charge in [0.2, 0.25) is 0 Å². The summed E-state index contributed by atoms with van der Waals surface area (Å²) in [6.45, 7) is 0.886. The van der Waals surface area contributed by atoms with E-state index >= 15 is 0 Å². The van der Waals surface area contributed by atoms with Gasteiger partial charge in [0.1, 0.15) is 30.0 Å². The summed E-state index contributed by atoms with van der Waals surface area (Å²) in [7, 11) is 0. The first-order valence-electron chi connectivity index (χ1n) is 13.6. The van der Waals surface area contributed by atoms with Crippen molar-refractivity contribution >= 4 is 0 Å². The Morgan fingerprint density at radius 3 is 1.32 bits per heavy atom. The van der Waals surface area contributed by atoms with Crippen molar-refractivity contribution in [1.29, 1.82) is 0 Å². The fraction of sp³-hybridized carbons (Fsp3) is 0.294. The van der Waals surface area contributed by atoms with Gasteiger partial charge in [-0.05, 0) is 22.3 Å². The summed E-state index contributed by atoms with van der Waals surface area (Å²) in [6, 6.07) is 39.0. The number of ether oxygens (including phenoxy) is 4. The van der Waals surface area contributed by atoms with Crippen LogP contribution in [-0.2, 0) is 45.4 Å². The van der Waals surface area contributed by atoms with E-state index in [4.69, 9.17) is 18.9 Å². The second-order valence-corrected chi connectivity index (χ2v) is 10.2. The number of aliphatic hydroxyl groups is 2. The van der Waals surface area contributed by atoms with Gasteiger partial charge < -0.3 is 29.2 Å². The molecule has 1 fully saturated rings. The Labute approximate surface area is 235 Å². The molecule has 6 nitrogen and oxygen atoms in total.